The number of rotatable bonds is 8. The maximum Gasteiger partial charge on any atom is 0.325 e. The van der Waals surface area contributed by atoms with Gasteiger partial charge in [0.15, 0.2) is 0 Å². The highest BCUT2D eigenvalue weighted by Crippen LogP contribution is 2.42. The summed E-state index contributed by atoms with van der Waals surface area (Å²) >= 11 is 0. The number of esters is 1. The second-order valence-corrected chi connectivity index (χ2v) is 6.62. The zero-order valence-corrected chi connectivity index (χ0v) is 15.0. The Hall–Kier alpha value is -1.23. The summed E-state index contributed by atoms with van der Waals surface area (Å²) in [5.74, 6) is -7.07. The largest absolute Gasteiger partial charge is 0.465 e. The maximum atomic E-state index is 13.9. The number of alkyl halides is 4. The minimum absolute atomic E-state index is 0.0215. The lowest BCUT2D eigenvalue weighted by molar-refractivity contribution is -0.158. The minimum atomic E-state index is -4.28. The molecule has 1 fully saturated rings. The lowest BCUT2D eigenvalue weighted by Gasteiger charge is -2.29. The van der Waals surface area contributed by atoms with Crippen molar-refractivity contribution in [3.63, 3.8) is 0 Å². The average molecular weight is 401 g/mol. The summed E-state index contributed by atoms with van der Waals surface area (Å²) in [6.45, 7) is 1.48. The van der Waals surface area contributed by atoms with Gasteiger partial charge >= 0.3 is 18.3 Å². The summed E-state index contributed by atoms with van der Waals surface area (Å²) in [6, 6.07) is -1.67. The van der Waals surface area contributed by atoms with Crippen molar-refractivity contribution >= 4 is 5.97 Å². The molecule has 0 heterocycles. The van der Waals surface area contributed by atoms with Crippen LogP contribution in [0.25, 0.3) is 0 Å². The Kier molecular flexibility index (Phi) is 9.13. The smallest absolute Gasteiger partial charge is 0.325 e. The number of ether oxygens (including phenoxy) is 1. The van der Waals surface area contributed by atoms with Crippen LogP contribution in [0.2, 0.25) is 0 Å². The SMILES string of the molecule is CCOC(=O)C(N)C(O)C(O)C(O)C=C1CCCCCC1C(F)(F)C(F)F. The van der Waals surface area contributed by atoms with Gasteiger partial charge in [-0.3, -0.25) is 4.79 Å². The number of carbonyl (C=O) groups is 1. The Morgan fingerprint density at radius 2 is 1.89 bits per heavy atom. The molecule has 5 N–H and O–H groups in total. The number of allylic oxidation sites excluding steroid dienone is 1. The molecule has 6 nitrogen and oxygen atoms in total. The van der Waals surface area contributed by atoms with Gasteiger partial charge in [0.25, 0.3) is 0 Å². The Balaban J connectivity index is 2.99. The number of hydrogen-bond acceptors (Lipinski definition) is 6. The molecule has 27 heavy (non-hydrogen) atoms. The van der Waals surface area contributed by atoms with Crippen molar-refractivity contribution in [3.05, 3.63) is 11.6 Å². The number of hydrogen-bond donors (Lipinski definition) is 4. The van der Waals surface area contributed by atoms with Gasteiger partial charge in [0.2, 0.25) is 0 Å². The predicted octanol–water partition coefficient (Wildman–Crippen LogP) is 1.37. The third-order valence-electron chi connectivity index (χ3n) is 4.67. The number of nitrogens with two attached hydrogens (primary N) is 1. The van der Waals surface area contributed by atoms with Gasteiger partial charge in [-0.2, -0.15) is 8.78 Å². The van der Waals surface area contributed by atoms with Crippen molar-refractivity contribution in [2.45, 2.75) is 75.7 Å². The van der Waals surface area contributed by atoms with Crippen LogP contribution in [-0.2, 0) is 9.53 Å². The summed E-state index contributed by atoms with van der Waals surface area (Å²) in [5.41, 5.74) is 5.33. The van der Waals surface area contributed by atoms with E-state index in [4.69, 9.17) is 5.73 Å². The van der Waals surface area contributed by atoms with E-state index >= 15 is 0 Å². The van der Waals surface area contributed by atoms with Gasteiger partial charge < -0.3 is 25.8 Å². The lowest BCUT2D eigenvalue weighted by Crippen LogP contribution is -2.52. The fraction of sp³-hybridized carbons (Fsp3) is 0.824. The minimum Gasteiger partial charge on any atom is -0.465 e. The number of aliphatic hydroxyl groups is 3. The van der Waals surface area contributed by atoms with Crippen LogP contribution in [0.15, 0.2) is 11.6 Å². The molecule has 0 bridgehead atoms. The molecule has 0 saturated heterocycles. The molecule has 0 radical (unpaired) electrons. The van der Waals surface area contributed by atoms with Crippen LogP contribution in [0.1, 0.15) is 39.0 Å². The van der Waals surface area contributed by atoms with Crippen LogP contribution >= 0.6 is 0 Å². The molecule has 1 aliphatic rings. The second-order valence-electron chi connectivity index (χ2n) is 6.62. The highest BCUT2D eigenvalue weighted by molar-refractivity contribution is 5.76. The van der Waals surface area contributed by atoms with Gasteiger partial charge in [0.1, 0.15) is 24.4 Å². The van der Waals surface area contributed by atoms with E-state index in [9.17, 15) is 37.7 Å². The summed E-state index contributed by atoms with van der Waals surface area (Å²) in [4.78, 5) is 11.5. The van der Waals surface area contributed by atoms with Gasteiger partial charge in [-0.15, -0.1) is 0 Å². The maximum absolute atomic E-state index is 13.9. The summed E-state index contributed by atoms with van der Waals surface area (Å²) in [7, 11) is 0. The molecule has 1 rings (SSSR count). The molecule has 0 aromatic heterocycles. The van der Waals surface area contributed by atoms with Crippen LogP contribution in [-0.4, -0.2) is 64.6 Å². The standard InChI is InChI=1S/C17H27F4NO5/c1-2-27-15(26)12(22)14(25)13(24)11(23)8-9-6-4-3-5-7-10(9)17(20,21)16(18)19/h8,10-14,16,23-25H,2-7,22H2,1H3. The quantitative estimate of drug-likeness (QED) is 0.211. The Bertz CT molecular complexity index is 518. The fourth-order valence-electron chi connectivity index (χ4n) is 3.12. The van der Waals surface area contributed by atoms with E-state index in [0.29, 0.717) is 19.3 Å². The van der Waals surface area contributed by atoms with Crippen molar-refractivity contribution in [2.24, 2.45) is 11.7 Å². The molecule has 0 amide bonds. The van der Waals surface area contributed by atoms with Crippen LogP contribution in [0.3, 0.4) is 0 Å². The molecule has 10 heteroatoms. The first-order chi connectivity index (χ1) is 12.5. The van der Waals surface area contributed by atoms with Crippen LogP contribution < -0.4 is 5.73 Å². The van der Waals surface area contributed by atoms with Crippen molar-refractivity contribution in [1.29, 1.82) is 0 Å². The molecule has 0 aliphatic heterocycles. The average Bonchev–Trinajstić information content (AvgIpc) is 2.85. The van der Waals surface area contributed by atoms with Gasteiger partial charge in [-0.05, 0) is 26.2 Å². The van der Waals surface area contributed by atoms with Gasteiger partial charge in [0, 0.05) is 5.92 Å². The van der Waals surface area contributed by atoms with E-state index in [2.05, 4.69) is 4.74 Å². The molecule has 0 aromatic carbocycles. The van der Waals surface area contributed by atoms with E-state index in [1.807, 2.05) is 0 Å². The first-order valence-electron chi connectivity index (χ1n) is 8.86. The lowest BCUT2D eigenvalue weighted by atomic mass is 9.86. The van der Waals surface area contributed by atoms with Crippen LogP contribution in [0.5, 0.6) is 0 Å². The molecular formula is C17H27F4NO5. The molecule has 0 aromatic rings. The summed E-state index contributed by atoms with van der Waals surface area (Å²) in [6.07, 6.45) is -7.56. The normalized spacial score (nSPS) is 25.0. The van der Waals surface area contributed by atoms with E-state index < -0.39 is 48.6 Å². The van der Waals surface area contributed by atoms with Crippen molar-refractivity contribution < 1.29 is 42.4 Å². The van der Waals surface area contributed by atoms with E-state index in [0.717, 1.165) is 6.08 Å². The van der Waals surface area contributed by atoms with Gasteiger partial charge in [-0.1, -0.05) is 24.5 Å². The van der Waals surface area contributed by atoms with E-state index in [-0.39, 0.29) is 25.0 Å². The van der Waals surface area contributed by atoms with Crippen molar-refractivity contribution in [2.75, 3.05) is 6.61 Å². The van der Waals surface area contributed by atoms with E-state index in [1.165, 1.54) is 6.92 Å². The Morgan fingerprint density at radius 3 is 2.44 bits per heavy atom. The number of carbonyl (C=O) groups excluding carboxylic acids is 1. The molecule has 5 atom stereocenters. The summed E-state index contributed by atoms with van der Waals surface area (Å²) in [5, 5.41) is 30.0. The Morgan fingerprint density at radius 1 is 1.26 bits per heavy atom. The predicted molar refractivity (Wildman–Crippen MR) is 88.2 cm³/mol. The monoisotopic (exact) mass is 401 g/mol. The third kappa shape index (κ3) is 6.13. The first-order valence-corrected chi connectivity index (χ1v) is 8.86. The first kappa shape index (κ1) is 23.8. The molecule has 1 saturated carbocycles. The molecule has 158 valence electrons. The molecule has 0 spiro atoms. The highest BCUT2D eigenvalue weighted by atomic mass is 19.3. The zero-order chi connectivity index (χ0) is 20.8. The molecule has 1 aliphatic carbocycles. The second kappa shape index (κ2) is 10.4. The number of aliphatic hydroxyl groups excluding tert-OH is 3. The fourth-order valence-corrected chi connectivity index (χ4v) is 3.12. The number of halogens is 4. The van der Waals surface area contributed by atoms with Gasteiger partial charge in [0.05, 0.1) is 6.61 Å². The summed E-state index contributed by atoms with van der Waals surface area (Å²) < 4.78 is 58.0. The molecular weight excluding hydrogens is 374 g/mol. The van der Waals surface area contributed by atoms with Crippen LogP contribution in [0.4, 0.5) is 17.6 Å². The Labute approximate surface area is 155 Å². The molecule has 5 unspecified atom stereocenters. The van der Waals surface area contributed by atoms with Crippen LogP contribution in [0, 0.1) is 5.92 Å². The van der Waals surface area contributed by atoms with Crippen molar-refractivity contribution in [1.82, 2.24) is 0 Å². The van der Waals surface area contributed by atoms with Crippen molar-refractivity contribution in [3.8, 4) is 0 Å². The zero-order valence-electron chi connectivity index (χ0n) is 15.0. The van der Waals surface area contributed by atoms with Gasteiger partial charge in [-0.25, -0.2) is 8.78 Å². The van der Waals surface area contributed by atoms with E-state index in [1.54, 1.807) is 0 Å². The topological polar surface area (TPSA) is 113 Å². The third-order valence-corrected chi connectivity index (χ3v) is 4.67. The highest BCUT2D eigenvalue weighted by Gasteiger charge is 2.50.